The summed E-state index contributed by atoms with van der Waals surface area (Å²) in [7, 11) is 0. The van der Waals surface area contributed by atoms with E-state index in [1.165, 1.54) is 0 Å². The van der Waals surface area contributed by atoms with Gasteiger partial charge in [-0.15, -0.1) is 0 Å². The van der Waals surface area contributed by atoms with Crippen molar-refractivity contribution in [2.75, 3.05) is 6.61 Å². The Balaban J connectivity index is 3.69. The van der Waals surface area contributed by atoms with Crippen LogP contribution < -0.4 is 0 Å². The van der Waals surface area contributed by atoms with E-state index in [1.807, 2.05) is 34.6 Å². The number of carbonyl (C=O) groups is 1. The summed E-state index contributed by atoms with van der Waals surface area (Å²) in [6, 6.07) is 0. The summed E-state index contributed by atoms with van der Waals surface area (Å²) in [6.45, 7) is 9.82. The van der Waals surface area contributed by atoms with E-state index in [9.17, 15) is 4.79 Å². The third-order valence-corrected chi connectivity index (χ3v) is 1.43. The molecule has 0 N–H and O–H groups in total. The summed E-state index contributed by atoms with van der Waals surface area (Å²) < 4.78 is 10.3. The fraction of sp³-hybridized carbons (Fsp3) is 0.900. The molecule has 13 heavy (non-hydrogen) atoms. The van der Waals surface area contributed by atoms with Crippen LogP contribution in [0.25, 0.3) is 0 Å². The van der Waals surface area contributed by atoms with Crippen LogP contribution in [0, 0.1) is 5.92 Å². The first-order valence-corrected chi connectivity index (χ1v) is 4.75. The summed E-state index contributed by atoms with van der Waals surface area (Å²) in [5, 5.41) is 0. The fourth-order valence-electron chi connectivity index (χ4n) is 0.753. The molecule has 0 heterocycles. The molecule has 0 aliphatic carbocycles. The third-order valence-electron chi connectivity index (χ3n) is 1.43. The predicted molar refractivity (Wildman–Crippen MR) is 51.5 cm³/mol. The van der Waals surface area contributed by atoms with Crippen LogP contribution in [0.5, 0.6) is 0 Å². The standard InChI is InChI=1S/C10H20O3/c1-7(2)12-6-9(5)10(11)13-8(3)4/h7-9H,6H2,1-5H3. The molecule has 0 bridgehead atoms. The van der Waals surface area contributed by atoms with Gasteiger partial charge in [0.15, 0.2) is 0 Å². The Hall–Kier alpha value is -0.570. The minimum Gasteiger partial charge on any atom is -0.463 e. The molecular weight excluding hydrogens is 168 g/mol. The second-order valence-corrected chi connectivity index (χ2v) is 3.77. The number of ether oxygens (including phenoxy) is 2. The van der Waals surface area contributed by atoms with E-state index < -0.39 is 0 Å². The molecule has 1 unspecified atom stereocenters. The highest BCUT2D eigenvalue weighted by atomic mass is 16.5. The molecule has 3 nitrogen and oxygen atoms in total. The molecule has 0 aromatic carbocycles. The van der Waals surface area contributed by atoms with E-state index in [-0.39, 0.29) is 24.1 Å². The van der Waals surface area contributed by atoms with E-state index >= 15 is 0 Å². The molecule has 0 saturated carbocycles. The lowest BCUT2D eigenvalue weighted by molar-refractivity contribution is -0.154. The van der Waals surface area contributed by atoms with Crippen LogP contribution in [-0.4, -0.2) is 24.8 Å². The predicted octanol–water partition coefficient (Wildman–Crippen LogP) is 2.00. The lowest BCUT2D eigenvalue weighted by Gasteiger charge is -2.15. The average Bonchev–Trinajstić information content (AvgIpc) is 1.98. The maximum absolute atomic E-state index is 11.3. The molecule has 0 amide bonds. The van der Waals surface area contributed by atoms with Crippen LogP contribution >= 0.6 is 0 Å². The van der Waals surface area contributed by atoms with Gasteiger partial charge in [0.25, 0.3) is 0 Å². The summed E-state index contributed by atoms with van der Waals surface area (Å²) >= 11 is 0. The Morgan fingerprint density at radius 3 is 2.00 bits per heavy atom. The van der Waals surface area contributed by atoms with Gasteiger partial charge in [-0.25, -0.2) is 0 Å². The monoisotopic (exact) mass is 188 g/mol. The van der Waals surface area contributed by atoms with Gasteiger partial charge in [0, 0.05) is 0 Å². The number of carbonyl (C=O) groups excluding carboxylic acids is 1. The van der Waals surface area contributed by atoms with Crippen molar-refractivity contribution in [3.63, 3.8) is 0 Å². The Labute approximate surface area is 80.4 Å². The smallest absolute Gasteiger partial charge is 0.311 e. The van der Waals surface area contributed by atoms with Gasteiger partial charge >= 0.3 is 5.97 Å². The Kier molecular flexibility index (Phi) is 5.71. The largest absolute Gasteiger partial charge is 0.463 e. The van der Waals surface area contributed by atoms with Crippen LogP contribution in [0.2, 0.25) is 0 Å². The molecule has 0 aromatic rings. The van der Waals surface area contributed by atoms with Crippen molar-refractivity contribution in [3.8, 4) is 0 Å². The van der Waals surface area contributed by atoms with Crippen molar-refractivity contribution in [2.45, 2.75) is 46.8 Å². The van der Waals surface area contributed by atoms with Crippen LogP contribution in [0.4, 0.5) is 0 Å². The highest BCUT2D eigenvalue weighted by Crippen LogP contribution is 2.03. The summed E-state index contributed by atoms with van der Waals surface area (Å²) in [6.07, 6.45) is 0.114. The number of rotatable bonds is 5. The zero-order chi connectivity index (χ0) is 10.4. The third kappa shape index (κ3) is 6.58. The highest BCUT2D eigenvalue weighted by molar-refractivity contribution is 5.72. The molecule has 0 aromatic heterocycles. The maximum Gasteiger partial charge on any atom is 0.311 e. The van der Waals surface area contributed by atoms with Gasteiger partial charge in [0.2, 0.25) is 0 Å². The van der Waals surface area contributed by atoms with Crippen molar-refractivity contribution in [3.05, 3.63) is 0 Å². The van der Waals surface area contributed by atoms with E-state index in [2.05, 4.69) is 0 Å². The molecule has 1 atom stereocenters. The zero-order valence-electron chi connectivity index (χ0n) is 9.16. The normalized spacial score (nSPS) is 13.5. The molecule has 0 radical (unpaired) electrons. The maximum atomic E-state index is 11.3. The van der Waals surface area contributed by atoms with Crippen molar-refractivity contribution < 1.29 is 14.3 Å². The van der Waals surface area contributed by atoms with E-state index in [4.69, 9.17) is 9.47 Å². The molecular formula is C10H20O3. The molecule has 0 saturated heterocycles. The second kappa shape index (κ2) is 5.97. The number of esters is 1. The van der Waals surface area contributed by atoms with Gasteiger partial charge in [-0.05, 0) is 34.6 Å². The quantitative estimate of drug-likeness (QED) is 0.619. The average molecular weight is 188 g/mol. The van der Waals surface area contributed by atoms with Crippen molar-refractivity contribution in [1.82, 2.24) is 0 Å². The van der Waals surface area contributed by atoms with Crippen LogP contribution in [0.1, 0.15) is 34.6 Å². The summed E-state index contributed by atoms with van der Waals surface area (Å²) in [4.78, 5) is 11.3. The second-order valence-electron chi connectivity index (χ2n) is 3.77. The van der Waals surface area contributed by atoms with E-state index in [1.54, 1.807) is 0 Å². The van der Waals surface area contributed by atoms with Crippen LogP contribution in [0.15, 0.2) is 0 Å². The molecule has 3 heteroatoms. The molecule has 0 spiro atoms. The van der Waals surface area contributed by atoms with Crippen LogP contribution in [-0.2, 0) is 14.3 Å². The van der Waals surface area contributed by atoms with Gasteiger partial charge in [-0.2, -0.15) is 0 Å². The topological polar surface area (TPSA) is 35.5 Å². The summed E-state index contributed by atoms with van der Waals surface area (Å²) in [5.74, 6) is -0.361. The minimum absolute atomic E-state index is 0.0472. The van der Waals surface area contributed by atoms with E-state index in [0.29, 0.717) is 6.61 Å². The number of hydrogen-bond acceptors (Lipinski definition) is 3. The van der Waals surface area contributed by atoms with Crippen molar-refractivity contribution >= 4 is 5.97 Å². The van der Waals surface area contributed by atoms with Crippen LogP contribution in [0.3, 0.4) is 0 Å². The Morgan fingerprint density at radius 2 is 1.62 bits per heavy atom. The number of hydrogen-bond donors (Lipinski definition) is 0. The zero-order valence-corrected chi connectivity index (χ0v) is 9.16. The van der Waals surface area contributed by atoms with Crippen molar-refractivity contribution in [1.29, 1.82) is 0 Å². The minimum atomic E-state index is -0.185. The van der Waals surface area contributed by atoms with Crippen molar-refractivity contribution in [2.24, 2.45) is 5.92 Å². The van der Waals surface area contributed by atoms with Gasteiger partial charge in [-0.1, -0.05) is 0 Å². The van der Waals surface area contributed by atoms with Gasteiger partial charge in [-0.3, -0.25) is 4.79 Å². The Bertz CT molecular complexity index is 152. The Morgan fingerprint density at radius 1 is 1.08 bits per heavy atom. The molecule has 0 rings (SSSR count). The molecule has 0 aliphatic rings. The highest BCUT2D eigenvalue weighted by Gasteiger charge is 2.16. The molecule has 0 aliphatic heterocycles. The first kappa shape index (κ1) is 12.4. The van der Waals surface area contributed by atoms with Gasteiger partial charge in [0.05, 0.1) is 24.7 Å². The molecule has 78 valence electrons. The fourth-order valence-corrected chi connectivity index (χ4v) is 0.753. The summed E-state index contributed by atoms with van der Waals surface area (Å²) in [5.41, 5.74) is 0. The molecule has 0 fully saturated rings. The lowest BCUT2D eigenvalue weighted by Crippen LogP contribution is -2.24. The lowest BCUT2D eigenvalue weighted by atomic mass is 10.2. The van der Waals surface area contributed by atoms with Gasteiger partial charge < -0.3 is 9.47 Å². The SMILES string of the molecule is CC(C)OCC(C)C(=O)OC(C)C. The van der Waals surface area contributed by atoms with E-state index in [0.717, 1.165) is 0 Å². The van der Waals surface area contributed by atoms with Gasteiger partial charge in [0.1, 0.15) is 0 Å². The first-order chi connectivity index (χ1) is 5.93. The first-order valence-electron chi connectivity index (χ1n) is 4.75.